The highest BCUT2D eigenvalue weighted by Crippen LogP contribution is 2.21. The second-order valence-corrected chi connectivity index (χ2v) is 2.90. The van der Waals surface area contributed by atoms with Crippen LogP contribution in [0.15, 0.2) is 53.1 Å². The number of rotatable bonds is 2. The molecular weight excluding hydrogens is 177 g/mol. The Bertz CT molecular complexity index is 340. The number of allylic oxidation sites excluding steroid dienone is 5. The van der Waals surface area contributed by atoms with Crippen LogP contribution in [0.4, 0.5) is 0 Å². The molecule has 0 unspecified atom stereocenters. The van der Waals surface area contributed by atoms with Gasteiger partial charge in [-0.2, -0.15) is 0 Å². The zero-order valence-electron chi connectivity index (χ0n) is 7.85. The molecule has 0 aromatic heterocycles. The molecule has 0 fully saturated rings. The lowest BCUT2D eigenvalue weighted by Crippen LogP contribution is -2.16. The van der Waals surface area contributed by atoms with Crippen molar-refractivity contribution < 1.29 is 10.0 Å². The summed E-state index contributed by atoms with van der Waals surface area (Å²) in [5.41, 5.74) is 1.54. The lowest BCUT2D eigenvalue weighted by molar-refractivity contribution is 0.420. The minimum absolute atomic E-state index is 0.287. The molecule has 0 radical (unpaired) electrons. The van der Waals surface area contributed by atoms with E-state index < -0.39 is 7.12 Å². The summed E-state index contributed by atoms with van der Waals surface area (Å²) in [5.74, 6) is 0. The van der Waals surface area contributed by atoms with Crippen molar-refractivity contribution in [2.75, 3.05) is 0 Å². The summed E-state index contributed by atoms with van der Waals surface area (Å²) in [6.45, 7) is 7.32. The van der Waals surface area contributed by atoms with Crippen LogP contribution in [-0.4, -0.2) is 23.4 Å². The number of nitrogens with zero attached hydrogens (tertiary/aromatic N) is 1. The minimum atomic E-state index is -1.56. The molecule has 0 bridgehead atoms. The number of hydrogen-bond donors (Lipinski definition) is 2. The summed E-state index contributed by atoms with van der Waals surface area (Å²) in [4.78, 5) is 4.07. The normalized spacial score (nSPS) is 19.1. The Hall–Kier alpha value is -1.39. The third-order valence-electron chi connectivity index (χ3n) is 1.90. The Morgan fingerprint density at radius 3 is 2.86 bits per heavy atom. The molecule has 0 saturated carbocycles. The van der Waals surface area contributed by atoms with Crippen LogP contribution < -0.4 is 0 Å². The lowest BCUT2D eigenvalue weighted by atomic mass is 9.76. The van der Waals surface area contributed by atoms with Gasteiger partial charge >= 0.3 is 7.12 Å². The SMILES string of the molecule is C=C/C(B(O)O)=C1/N=CC=CCC1=C. The Morgan fingerprint density at radius 2 is 2.29 bits per heavy atom. The van der Waals surface area contributed by atoms with E-state index >= 15 is 0 Å². The van der Waals surface area contributed by atoms with Gasteiger partial charge in [-0.05, 0) is 18.1 Å². The summed E-state index contributed by atoms with van der Waals surface area (Å²) in [7, 11) is -1.56. The van der Waals surface area contributed by atoms with Crippen molar-refractivity contribution in [2.24, 2.45) is 4.99 Å². The number of aliphatic imine (C=N–C) groups is 1. The van der Waals surface area contributed by atoms with E-state index in [0.29, 0.717) is 12.1 Å². The van der Waals surface area contributed by atoms with Crippen LogP contribution in [0.1, 0.15) is 6.42 Å². The highest BCUT2D eigenvalue weighted by atomic mass is 16.4. The smallest absolute Gasteiger partial charge is 0.423 e. The van der Waals surface area contributed by atoms with Crippen LogP contribution in [0.2, 0.25) is 0 Å². The summed E-state index contributed by atoms with van der Waals surface area (Å²) in [6.07, 6.45) is 7.33. The Labute approximate surface area is 83.6 Å². The molecule has 0 saturated heterocycles. The predicted molar refractivity (Wildman–Crippen MR) is 58.8 cm³/mol. The summed E-state index contributed by atoms with van der Waals surface area (Å²) < 4.78 is 0. The maximum absolute atomic E-state index is 9.07. The van der Waals surface area contributed by atoms with Gasteiger partial charge in [0.2, 0.25) is 0 Å². The largest absolute Gasteiger partial charge is 0.490 e. The molecule has 3 nitrogen and oxygen atoms in total. The average Bonchev–Trinajstić information content (AvgIpc) is 2.33. The Kier molecular flexibility index (Phi) is 3.62. The zero-order chi connectivity index (χ0) is 10.6. The van der Waals surface area contributed by atoms with Crippen LogP contribution in [0.5, 0.6) is 0 Å². The Morgan fingerprint density at radius 1 is 1.57 bits per heavy atom. The summed E-state index contributed by atoms with van der Waals surface area (Å²) >= 11 is 0. The summed E-state index contributed by atoms with van der Waals surface area (Å²) in [5, 5.41) is 18.1. The molecule has 0 aromatic carbocycles. The highest BCUT2D eigenvalue weighted by Gasteiger charge is 2.18. The van der Waals surface area contributed by atoms with Crippen molar-refractivity contribution >= 4 is 13.3 Å². The molecule has 1 aliphatic rings. The molecule has 1 rings (SSSR count). The second kappa shape index (κ2) is 4.74. The monoisotopic (exact) mass is 189 g/mol. The van der Waals surface area contributed by atoms with Gasteiger partial charge in [-0.3, -0.25) is 4.99 Å². The minimum Gasteiger partial charge on any atom is -0.423 e. The van der Waals surface area contributed by atoms with Crippen molar-refractivity contribution in [2.45, 2.75) is 6.42 Å². The first-order valence-electron chi connectivity index (χ1n) is 4.27. The van der Waals surface area contributed by atoms with Crippen molar-refractivity contribution in [1.29, 1.82) is 0 Å². The molecular formula is C10H12BNO2. The van der Waals surface area contributed by atoms with Crippen molar-refractivity contribution in [3.63, 3.8) is 0 Å². The van der Waals surface area contributed by atoms with E-state index in [0.717, 1.165) is 5.57 Å². The third-order valence-corrected chi connectivity index (χ3v) is 1.90. The first-order valence-corrected chi connectivity index (χ1v) is 4.27. The standard InChI is InChI=1S/C10H12BNO2/c1-3-9(11(13)14)10-8(2)6-4-5-7-12-10/h3-5,7,13-14H,1-2,6H2/b10-9-. The van der Waals surface area contributed by atoms with Crippen LogP contribution >= 0.6 is 0 Å². The molecule has 0 spiro atoms. The van der Waals surface area contributed by atoms with E-state index in [2.05, 4.69) is 18.2 Å². The van der Waals surface area contributed by atoms with Crippen LogP contribution in [0.3, 0.4) is 0 Å². The molecule has 0 atom stereocenters. The van der Waals surface area contributed by atoms with E-state index in [9.17, 15) is 0 Å². The van der Waals surface area contributed by atoms with Crippen molar-refractivity contribution in [3.8, 4) is 0 Å². The fourth-order valence-electron chi connectivity index (χ4n) is 1.18. The third kappa shape index (κ3) is 2.31. The molecule has 0 aliphatic carbocycles. The van der Waals surface area contributed by atoms with Crippen molar-refractivity contribution in [1.82, 2.24) is 0 Å². The van der Waals surface area contributed by atoms with E-state index in [1.807, 2.05) is 6.08 Å². The van der Waals surface area contributed by atoms with Gasteiger partial charge in [-0.25, -0.2) is 0 Å². The highest BCUT2D eigenvalue weighted by molar-refractivity contribution is 6.52. The average molecular weight is 189 g/mol. The van der Waals surface area contributed by atoms with Gasteiger partial charge < -0.3 is 10.0 Å². The van der Waals surface area contributed by atoms with Crippen LogP contribution in [0.25, 0.3) is 0 Å². The predicted octanol–water partition coefficient (Wildman–Crippen LogP) is 1.03. The maximum atomic E-state index is 9.07. The molecule has 1 aliphatic heterocycles. The molecule has 0 aromatic rings. The molecule has 4 heteroatoms. The van der Waals surface area contributed by atoms with Gasteiger partial charge in [0, 0.05) is 11.7 Å². The molecule has 14 heavy (non-hydrogen) atoms. The fourth-order valence-corrected chi connectivity index (χ4v) is 1.18. The van der Waals surface area contributed by atoms with Crippen molar-refractivity contribution in [3.05, 3.63) is 48.1 Å². The summed E-state index contributed by atoms with van der Waals surface area (Å²) in [6, 6.07) is 0. The first-order chi connectivity index (χ1) is 6.66. The van der Waals surface area contributed by atoms with E-state index in [4.69, 9.17) is 10.0 Å². The molecule has 0 amide bonds. The van der Waals surface area contributed by atoms with Gasteiger partial charge in [0.05, 0.1) is 5.70 Å². The molecule has 2 N–H and O–H groups in total. The zero-order valence-corrected chi connectivity index (χ0v) is 7.85. The molecule has 1 heterocycles. The topological polar surface area (TPSA) is 52.8 Å². The maximum Gasteiger partial charge on any atom is 0.490 e. The van der Waals surface area contributed by atoms with Gasteiger partial charge in [-0.1, -0.05) is 25.3 Å². The van der Waals surface area contributed by atoms with E-state index in [1.54, 1.807) is 12.3 Å². The number of hydrogen-bond acceptors (Lipinski definition) is 3. The van der Waals surface area contributed by atoms with Gasteiger partial charge in [0.25, 0.3) is 0 Å². The quantitative estimate of drug-likeness (QED) is 0.637. The Balaban J connectivity index is 3.15. The first kappa shape index (κ1) is 10.7. The van der Waals surface area contributed by atoms with E-state index in [1.165, 1.54) is 6.08 Å². The van der Waals surface area contributed by atoms with Gasteiger partial charge in [0.1, 0.15) is 0 Å². The fraction of sp³-hybridized carbons (Fsp3) is 0.100. The molecule has 72 valence electrons. The van der Waals surface area contributed by atoms with E-state index in [-0.39, 0.29) is 5.47 Å². The lowest BCUT2D eigenvalue weighted by Gasteiger charge is -2.07. The van der Waals surface area contributed by atoms with Gasteiger partial charge in [0.15, 0.2) is 0 Å². The van der Waals surface area contributed by atoms with Crippen LogP contribution in [-0.2, 0) is 0 Å². The second-order valence-electron chi connectivity index (χ2n) is 2.90. The van der Waals surface area contributed by atoms with Crippen LogP contribution in [0, 0.1) is 0 Å². The van der Waals surface area contributed by atoms with Gasteiger partial charge in [-0.15, -0.1) is 0 Å².